The van der Waals surface area contributed by atoms with Crippen molar-refractivity contribution in [1.82, 2.24) is 0 Å². The molecule has 0 fully saturated rings. The van der Waals surface area contributed by atoms with Crippen LogP contribution in [0.4, 0.5) is 0 Å². The number of carboxylic acids is 1. The van der Waals surface area contributed by atoms with Gasteiger partial charge < -0.3 is 24.6 Å². The number of aliphatic hydroxyl groups is 2. The molecule has 0 aliphatic carbocycles. The molecule has 180 valence electrons. The second kappa shape index (κ2) is 17.1. The maximum Gasteiger partial charge on any atom is 0.177 e. The molecule has 0 aromatic heterocycles. The molecular weight excluding hydrogens is 394 g/mol. The summed E-state index contributed by atoms with van der Waals surface area (Å²) < 4.78 is 0.309. The highest BCUT2D eigenvalue weighted by molar-refractivity contribution is 5.90. The number of carbonyl (C=O) groups is 2. The van der Waals surface area contributed by atoms with E-state index in [-0.39, 0.29) is 19.6 Å². The number of ketones is 1. The highest BCUT2D eigenvalue weighted by atomic mass is 16.4. The molecule has 6 nitrogen and oxygen atoms in total. The summed E-state index contributed by atoms with van der Waals surface area (Å²) in [7, 11) is 5.46. The van der Waals surface area contributed by atoms with Crippen LogP contribution in [0.5, 0.6) is 0 Å². The van der Waals surface area contributed by atoms with Gasteiger partial charge in [0.2, 0.25) is 0 Å². The molecule has 0 bridgehead atoms. The van der Waals surface area contributed by atoms with Crippen molar-refractivity contribution in [2.75, 3.05) is 34.3 Å². The number of aliphatic hydroxyl groups excluding tert-OH is 1. The number of quaternary nitrogens is 1. The monoisotopic (exact) mass is 439 g/mol. The van der Waals surface area contributed by atoms with Crippen molar-refractivity contribution in [2.45, 2.75) is 89.1 Å². The minimum Gasteiger partial charge on any atom is -0.550 e. The van der Waals surface area contributed by atoms with E-state index in [0.29, 0.717) is 10.9 Å². The number of carbonyl (C=O) groups excluding carboxylic acids is 2. The number of nitrogens with zero attached hydrogens (tertiary/aromatic N) is 1. The third kappa shape index (κ3) is 17.8. The standard InChI is InChI=1S/C25H45NO5/c1-26(2,3)22-25(31,21-24(29)30)23(28)19-17-15-13-11-9-7-5-4-6-8-10-12-14-16-18-20-27/h4-5,8,10,27,31H,6-7,9,11-22H2,1-3H3/b5-4-,10-8-. The zero-order valence-electron chi connectivity index (χ0n) is 20.0. The Morgan fingerprint density at radius 3 is 1.87 bits per heavy atom. The number of hydrogen-bond acceptors (Lipinski definition) is 5. The summed E-state index contributed by atoms with van der Waals surface area (Å²) in [5.41, 5.74) is -1.85. The quantitative estimate of drug-likeness (QED) is 0.173. The summed E-state index contributed by atoms with van der Waals surface area (Å²) in [6.45, 7) is 0.348. The molecule has 0 aliphatic rings. The van der Waals surface area contributed by atoms with Gasteiger partial charge in [0.1, 0.15) is 6.54 Å². The first-order valence-electron chi connectivity index (χ1n) is 11.8. The molecule has 0 aromatic carbocycles. The number of Topliss-reactive ketones (excluding diaryl/α,β-unsaturated/α-hetero) is 1. The molecule has 31 heavy (non-hydrogen) atoms. The average molecular weight is 440 g/mol. The molecular formula is C25H45NO5. The van der Waals surface area contributed by atoms with E-state index < -0.39 is 23.8 Å². The van der Waals surface area contributed by atoms with E-state index in [4.69, 9.17) is 5.11 Å². The summed E-state index contributed by atoms with van der Waals surface area (Å²) in [5, 5.41) is 30.3. The molecule has 0 saturated heterocycles. The lowest BCUT2D eigenvalue weighted by Gasteiger charge is -2.34. The van der Waals surface area contributed by atoms with Gasteiger partial charge in [-0.05, 0) is 44.9 Å². The molecule has 1 atom stereocenters. The first-order chi connectivity index (χ1) is 14.6. The molecule has 0 spiro atoms. The molecule has 0 aromatic rings. The summed E-state index contributed by atoms with van der Waals surface area (Å²) in [4.78, 5) is 23.4. The van der Waals surface area contributed by atoms with Crippen LogP contribution in [-0.4, -0.2) is 66.3 Å². The predicted octanol–water partition coefficient (Wildman–Crippen LogP) is 2.92. The molecule has 6 heteroatoms. The van der Waals surface area contributed by atoms with E-state index >= 15 is 0 Å². The minimum atomic E-state index is -1.85. The summed E-state index contributed by atoms with van der Waals surface area (Å²) in [6, 6.07) is 0. The number of carboxylic acid groups (broad SMARTS) is 1. The zero-order valence-corrected chi connectivity index (χ0v) is 20.0. The lowest BCUT2D eigenvalue weighted by atomic mass is 9.89. The molecule has 0 saturated carbocycles. The van der Waals surface area contributed by atoms with Crippen molar-refractivity contribution in [3.8, 4) is 0 Å². The van der Waals surface area contributed by atoms with Crippen molar-refractivity contribution >= 4 is 11.8 Å². The molecule has 0 radical (unpaired) electrons. The van der Waals surface area contributed by atoms with E-state index in [0.717, 1.165) is 64.2 Å². The Morgan fingerprint density at radius 2 is 1.35 bits per heavy atom. The van der Waals surface area contributed by atoms with E-state index in [2.05, 4.69) is 24.3 Å². The largest absolute Gasteiger partial charge is 0.550 e. The third-order valence-corrected chi connectivity index (χ3v) is 5.10. The van der Waals surface area contributed by atoms with Crippen LogP contribution >= 0.6 is 0 Å². The van der Waals surface area contributed by atoms with Crippen LogP contribution in [0.15, 0.2) is 24.3 Å². The Hall–Kier alpha value is -1.50. The summed E-state index contributed by atoms with van der Waals surface area (Å²) in [5.74, 6) is -1.79. The zero-order chi connectivity index (χ0) is 23.6. The van der Waals surface area contributed by atoms with Crippen molar-refractivity contribution in [3.05, 3.63) is 24.3 Å². The van der Waals surface area contributed by atoms with Crippen molar-refractivity contribution in [1.29, 1.82) is 0 Å². The van der Waals surface area contributed by atoms with Crippen molar-refractivity contribution in [2.24, 2.45) is 0 Å². The van der Waals surface area contributed by atoms with Gasteiger partial charge in [-0.3, -0.25) is 4.79 Å². The minimum absolute atomic E-state index is 0.0606. The van der Waals surface area contributed by atoms with E-state index in [1.54, 1.807) is 0 Å². The van der Waals surface area contributed by atoms with Crippen LogP contribution in [-0.2, 0) is 9.59 Å². The van der Waals surface area contributed by atoms with Crippen molar-refractivity contribution in [3.63, 3.8) is 0 Å². The Bertz CT molecular complexity index is 551. The fourth-order valence-electron chi connectivity index (χ4n) is 3.63. The first-order valence-corrected chi connectivity index (χ1v) is 11.8. The van der Waals surface area contributed by atoms with Crippen molar-refractivity contribution < 1.29 is 29.4 Å². The van der Waals surface area contributed by atoms with Gasteiger partial charge in [-0.15, -0.1) is 0 Å². The topological polar surface area (TPSA) is 97.7 Å². The third-order valence-electron chi connectivity index (χ3n) is 5.10. The maximum atomic E-state index is 12.5. The van der Waals surface area contributed by atoms with Gasteiger partial charge in [0.15, 0.2) is 11.4 Å². The maximum absolute atomic E-state index is 12.5. The Morgan fingerprint density at radius 1 is 0.839 bits per heavy atom. The van der Waals surface area contributed by atoms with E-state index in [1.165, 1.54) is 0 Å². The number of likely N-dealkylation sites (N-methyl/N-ethyl adjacent to an activating group) is 1. The highest BCUT2D eigenvalue weighted by Gasteiger charge is 2.40. The summed E-state index contributed by atoms with van der Waals surface area (Å²) >= 11 is 0. The Labute approximate surface area is 189 Å². The number of rotatable bonds is 20. The number of unbranched alkanes of at least 4 members (excludes halogenated alkanes) is 8. The van der Waals surface area contributed by atoms with Gasteiger partial charge in [-0.2, -0.15) is 0 Å². The molecule has 1 unspecified atom stereocenters. The normalized spacial score (nSPS) is 14.4. The van der Waals surface area contributed by atoms with Crippen LogP contribution in [0.1, 0.15) is 83.5 Å². The Kier molecular flexibility index (Phi) is 16.3. The second-order valence-electron chi connectivity index (χ2n) is 9.51. The van der Waals surface area contributed by atoms with Crippen LogP contribution in [0.2, 0.25) is 0 Å². The lowest BCUT2D eigenvalue weighted by molar-refractivity contribution is -0.875. The smallest absolute Gasteiger partial charge is 0.177 e. The highest BCUT2D eigenvalue weighted by Crippen LogP contribution is 2.19. The second-order valence-corrected chi connectivity index (χ2v) is 9.51. The average Bonchev–Trinajstić information content (AvgIpc) is 2.65. The van der Waals surface area contributed by atoms with Crippen LogP contribution < -0.4 is 5.11 Å². The predicted molar refractivity (Wildman–Crippen MR) is 123 cm³/mol. The van der Waals surface area contributed by atoms with Gasteiger partial charge in [0.25, 0.3) is 0 Å². The molecule has 0 rings (SSSR count). The van der Waals surface area contributed by atoms with Gasteiger partial charge in [0.05, 0.1) is 21.1 Å². The summed E-state index contributed by atoms with van der Waals surface area (Å²) in [6.07, 6.45) is 19.4. The first kappa shape index (κ1) is 29.5. The van der Waals surface area contributed by atoms with Gasteiger partial charge >= 0.3 is 0 Å². The molecule has 2 N–H and O–H groups in total. The van der Waals surface area contributed by atoms with Crippen LogP contribution in [0.3, 0.4) is 0 Å². The van der Waals surface area contributed by atoms with Gasteiger partial charge in [0, 0.05) is 25.4 Å². The number of hydrogen-bond donors (Lipinski definition) is 2. The Balaban J connectivity index is 3.88. The number of aliphatic carboxylic acids is 1. The van der Waals surface area contributed by atoms with E-state index in [9.17, 15) is 19.8 Å². The molecule has 0 amide bonds. The van der Waals surface area contributed by atoms with E-state index in [1.807, 2.05) is 21.1 Å². The van der Waals surface area contributed by atoms with Crippen LogP contribution in [0.25, 0.3) is 0 Å². The molecule has 0 aliphatic heterocycles. The number of allylic oxidation sites excluding steroid dienone is 4. The van der Waals surface area contributed by atoms with Crippen LogP contribution in [0, 0.1) is 0 Å². The fourth-order valence-corrected chi connectivity index (χ4v) is 3.63. The lowest BCUT2D eigenvalue weighted by Crippen LogP contribution is -2.56. The van der Waals surface area contributed by atoms with Gasteiger partial charge in [-0.1, -0.05) is 50.0 Å². The SMILES string of the molecule is C[N+](C)(C)CC(O)(CC(=O)[O-])C(=O)CCCCCCC/C=C\C/C=C\CCCCCO. The molecule has 0 heterocycles. The van der Waals surface area contributed by atoms with Gasteiger partial charge in [-0.25, -0.2) is 0 Å². The fraction of sp³-hybridized carbons (Fsp3) is 0.760.